The van der Waals surface area contributed by atoms with Crippen LogP contribution in [0.25, 0.3) is 0 Å². The molecular weight excluding hydrogens is 210 g/mol. The van der Waals surface area contributed by atoms with Crippen LogP contribution in [0.4, 0.5) is 5.69 Å². The molecule has 0 N–H and O–H groups in total. The van der Waals surface area contributed by atoms with Gasteiger partial charge in [-0.05, 0) is 12.1 Å². The highest BCUT2D eigenvalue weighted by Gasteiger charge is 2.12. The molecule has 0 saturated carbocycles. The number of hydrogen-bond donors (Lipinski definition) is 0. The van der Waals surface area contributed by atoms with E-state index in [1.165, 1.54) is 26.2 Å². The van der Waals surface area contributed by atoms with Gasteiger partial charge in [-0.1, -0.05) is 0 Å². The highest BCUT2D eigenvalue weighted by atomic mass is 16.5. The molecule has 1 aromatic carbocycles. The molecule has 0 fully saturated rings. The van der Waals surface area contributed by atoms with Gasteiger partial charge in [0, 0.05) is 18.8 Å². The van der Waals surface area contributed by atoms with Gasteiger partial charge in [0.15, 0.2) is 11.5 Å². The lowest BCUT2D eigenvalue weighted by Crippen LogP contribution is -2.26. The van der Waals surface area contributed by atoms with Gasteiger partial charge in [-0.2, -0.15) is 0 Å². The molecule has 86 valence electrons. The molecule has 0 aliphatic carbocycles. The number of aldehydes is 1. The van der Waals surface area contributed by atoms with Gasteiger partial charge < -0.3 is 14.4 Å². The molecule has 0 spiro atoms. The predicted octanol–water partition coefficient (Wildman–Crippen LogP) is 0.865. The molecule has 1 rings (SSSR count). The Labute approximate surface area is 93.6 Å². The molecule has 0 aliphatic heterocycles. The number of methoxy groups -OCH3 is 2. The maximum atomic E-state index is 11.2. The average molecular weight is 223 g/mol. The highest BCUT2D eigenvalue weighted by molar-refractivity contribution is 6.30. The third-order valence-corrected chi connectivity index (χ3v) is 2.19. The zero-order valence-electron chi connectivity index (χ0n) is 9.39. The van der Waals surface area contributed by atoms with E-state index in [1.54, 1.807) is 18.2 Å². The van der Waals surface area contributed by atoms with Gasteiger partial charge in [0.25, 0.3) is 5.91 Å². The fourth-order valence-electron chi connectivity index (χ4n) is 1.24. The summed E-state index contributed by atoms with van der Waals surface area (Å²) in [6, 6.07) is 4.96. The molecule has 0 atom stereocenters. The molecule has 0 bridgehead atoms. The van der Waals surface area contributed by atoms with Gasteiger partial charge in [-0.3, -0.25) is 9.59 Å². The van der Waals surface area contributed by atoms with Gasteiger partial charge in [0.1, 0.15) is 0 Å². The molecule has 1 aromatic rings. The van der Waals surface area contributed by atoms with Crippen molar-refractivity contribution >= 4 is 17.9 Å². The lowest BCUT2D eigenvalue weighted by molar-refractivity contribution is -0.129. The summed E-state index contributed by atoms with van der Waals surface area (Å²) in [5, 5.41) is 0. The van der Waals surface area contributed by atoms with Crippen LogP contribution in [-0.4, -0.2) is 33.5 Å². The van der Waals surface area contributed by atoms with Crippen molar-refractivity contribution in [2.75, 3.05) is 26.2 Å². The standard InChI is InChI=1S/C11H13NO4/c1-12(11(14)7-13)8-4-5-9(15-2)10(6-8)16-3/h4-7H,1-3H3. The van der Waals surface area contributed by atoms with Crippen LogP contribution in [-0.2, 0) is 9.59 Å². The number of amides is 1. The monoisotopic (exact) mass is 223 g/mol. The zero-order chi connectivity index (χ0) is 12.1. The van der Waals surface area contributed by atoms with E-state index in [0.717, 1.165) is 0 Å². The second kappa shape index (κ2) is 5.16. The van der Waals surface area contributed by atoms with Crippen molar-refractivity contribution in [3.05, 3.63) is 18.2 Å². The van der Waals surface area contributed by atoms with Crippen LogP contribution in [0.2, 0.25) is 0 Å². The molecule has 0 radical (unpaired) electrons. The van der Waals surface area contributed by atoms with Crippen LogP contribution in [0.5, 0.6) is 11.5 Å². The predicted molar refractivity (Wildman–Crippen MR) is 59.0 cm³/mol. The number of benzene rings is 1. The number of nitrogens with zero attached hydrogens (tertiary/aromatic N) is 1. The Morgan fingerprint density at radius 3 is 2.38 bits per heavy atom. The van der Waals surface area contributed by atoms with E-state index in [4.69, 9.17) is 9.47 Å². The highest BCUT2D eigenvalue weighted by Crippen LogP contribution is 2.30. The normalized spacial score (nSPS) is 9.44. The van der Waals surface area contributed by atoms with Gasteiger partial charge in [-0.25, -0.2) is 0 Å². The fraction of sp³-hybridized carbons (Fsp3) is 0.273. The summed E-state index contributed by atoms with van der Waals surface area (Å²) in [6.45, 7) is 0. The van der Waals surface area contributed by atoms with E-state index in [2.05, 4.69) is 0 Å². The zero-order valence-corrected chi connectivity index (χ0v) is 9.39. The average Bonchev–Trinajstić information content (AvgIpc) is 2.35. The maximum absolute atomic E-state index is 11.2. The topological polar surface area (TPSA) is 55.8 Å². The summed E-state index contributed by atoms with van der Waals surface area (Å²) < 4.78 is 10.1. The second-order valence-electron chi connectivity index (χ2n) is 3.05. The first-order valence-corrected chi connectivity index (χ1v) is 4.59. The molecule has 1 amide bonds. The quantitative estimate of drug-likeness (QED) is 0.561. The number of anilines is 1. The Morgan fingerprint density at radius 1 is 1.25 bits per heavy atom. The molecule has 0 unspecified atom stereocenters. The van der Waals surface area contributed by atoms with Crippen molar-refractivity contribution in [3.63, 3.8) is 0 Å². The Balaban J connectivity index is 3.07. The van der Waals surface area contributed by atoms with Crippen molar-refractivity contribution in [2.24, 2.45) is 0 Å². The number of ether oxygens (including phenoxy) is 2. The smallest absolute Gasteiger partial charge is 0.290 e. The van der Waals surface area contributed by atoms with Gasteiger partial charge >= 0.3 is 0 Å². The molecule has 0 aliphatic rings. The molecule has 16 heavy (non-hydrogen) atoms. The minimum atomic E-state index is -0.618. The van der Waals surface area contributed by atoms with Crippen LogP contribution in [0.3, 0.4) is 0 Å². The lowest BCUT2D eigenvalue weighted by Gasteiger charge is -2.16. The first-order valence-electron chi connectivity index (χ1n) is 4.59. The minimum Gasteiger partial charge on any atom is -0.493 e. The largest absolute Gasteiger partial charge is 0.493 e. The van der Waals surface area contributed by atoms with E-state index in [9.17, 15) is 9.59 Å². The fourth-order valence-corrected chi connectivity index (χ4v) is 1.24. The van der Waals surface area contributed by atoms with Crippen molar-refractivity contribution in [1.82, 2.24) is 0 Å². The maximum Gasteiger partial charge on any atom is 0.290 e. The Hall–Kier alpha value is -2.04. The van der Waals surface area contributed by atoms with Crippen LogP contribution in [0.15, 0.2) is 18.2 Å². The van der Waals surface area contributed by atoms with E-state index in [0.29, 0.717) is 17.2 Å². The van der Waals surface area contributed by atoms with Crippen molar-refractivity contribution in [1.29, 1.82) is 0 Å². The van der Waals surface area contributed by atoms with E-state index in [-0.39, 0.29) is 6.29 Å². The summed E-state index contributed by atoms with van der Waals surface area (Å²) in [7, 11) is 4.54. The third-order valence-electron chi connectivity index (χ3n) is 2.19. The molecule has 0 heterocycles. The number of carbonyl (C=O) groups excluding carboxylic acids is 2. The first kappa shape index (κ1) is 12.0. The van der Waals surface area contributed by atoms with E-state index < -0.39 is 5.91 Å². The minimum absolute atomic E-state index is 0.261. The molecule has 0 saturated heterocycles. The summed E-state index contributed by atoms with van der Waals surface area (Å²) >= 11 is 0. The van der Waals surface area contributed by atoms with Crippen molar-refractivity contribution in [2.45, 2.75) is 0 Å². The number of hydrogen-bond acceptors (Lipinski definition) is 4. The molecular formula is C11H13NO4. The Morgan fingerprint density at radius 2 is 1.88 bits per heavy atom. The third kappa shape index (κ3) is 2.31. The van der Waals surface area contributed by atoms with E-state index >= 15 is 0 Å². The first-order chi connectivity index (χ1) is 7.63. The molecule has 5 nitrogen and oxygen atoms in total. The summed E-state index contributed by atoms with van der Waals surface area (Å²) in [6.07, 6.45) is 0.261. The van der Waals surface area contributed by atoms with Gasteiger partial charge in [-0.15, -0.1) is 0 Å². The molecule has 0 aromatic heterocycles. The lowest BCUT2D eigenvalue weighted by atomic mass is 10.2. The van der Waals surface area contributed by atoms with Gasteiger partial charge in [0.05, 0.1) is 14.2 Å². The Bertz CT molecular complexity index is 403. The number of carbonyl (C=O) groups is 2. The Kier molecular flexibility index (Phi) is 3.88. The van der Waals surface area contributed by atoms with Crippen LogP contribution >= 0.6 is 0 Å². The summed E-state index contributed by atoms with van der Waals surface area (Å²) in [4.78, 5) is 22.7. The SMILES string of the molecule is COc1ccc(N(C)C(=O)C=O)cc1OC. The second-order valence-corrected chi connectivity index (χ2v) is 3.05. The number of rotatable bonds is 4. The van der Waals surface area contributed by atoms with Crippen molar-refractivity contribution < 1.29 is 19.1 Å². The van der Waals surface area contributed by atoms with Crippen LogP contribution in [0, 0.1) is 0 Å². The van der Waals surface area contributed by atoms with Gasteiger partial charge in [0.2, 0.25) is 6.29 Å². The van der Waals surface area contributed by atoms with Crippen molar-refractivity contribution in [3.8, 4) is 11.5 Å². The summed E-state index contributed by atoms with van der Waals surface area (Å²) in [5.41, 5.74) is 0.565. The van der Waals surface area contributed by atoms with Crippen LogP contribution in [0.1, 0.15) is 0 Å². The van der Waals surface area contributed by atoms with Crippen LogP contribution < -0.4 is 14.4 Å². The molecule has 5 heteroatoms. The number of likely N-dealkylation sites (N-methyl/N-ethyl adjacent to an activating group) is 1. The van der Waals surface area contributed by atoms with E-state index in [1.807, 2.05) is 0 Å². The summed E-state index contributed by atoms with van der Waals surface area (Å²) in [5.74, 6) is 0.455.